The molecule has 1 N–H and O–H groups in total. The maximum Gasteiger partial charge on any atom is 0.338 e. The number of methoxy groups -OCH3 is 1. The highest BCUT2D eigenvalue weighted by Crippen LogP contribution is 2.27. The summed E-state index contributed by atoms with van der Waals surface area (Å²) in [5.74, 6) is -0.0757. The van der Waals surface area contributed by atoms with Gasteiger partial charge in [-0.1, -0.05) is 17.7 Å². The van der Waals surface area contributed by atoms with E-state index in [2.05, 4.69) is 4.72 Å². The molecule has 0 bridgehead atoms. The molecule has 33 heavy (non-hydrogen) atoms. The summed E-state index contributed by atoms with van der Waals surface area (Å²) >= 11 is 0. The second-order valence-corrected chi connectivity index (χ2v) is 8.61. The molecule has 0 amide bonds. The van der Waals surface area contributed by atoms with Gasteiger partial charge in [0.1, 0.15) is 29.6 Å². The minimum atomic E-state index is -4.02. The second kappa shape index (κ2) is 10.5. The second-order valence-electron chi connectivity index (χ2n) is 6.96. The molecule has 0 saturated heterocycles. The van der Waals surface area contributed by atoms with Crippen LogP contribution in [0.2, 0.25) is 0 Å². The van der Waals surface area contributed by atoms with Crippen LogP contribution in [0.25, 0.3) is 0 Å². The van der Waals surface area contributed by atoms with Crippen molar-refractivity contribution in [3.8, 4) is 17.6 Å². The Morgan fingerprint density at radius 1 is 1.00 bits per heavy atom. The molecule has 0 spiro atoms. The Bertz CT molecular complexity index is 1260. The van der Waals surface area contributed by atoms with Crippen molar-refractivity contribution in [1.82, 2.24) is 0 Å². The SMILES string of the molecule is COc1ccc(C(=O)OCCOc2ccc(C#N)cc2)cc1S(=O)(=O)Nc1ccc(C)cc1. The Hall–Kier alpha value is -4.03. The van der Waals surface area contributed by atoms with E-state index in [0.717, 1.165) is 5.56 Å². The Balaban J connectivity index is 1.66. The van der Waals surface area contributed by atoms with Gasteiger partial charge in [0.05, 0.1) is 24.3 Å². The Kier molecular flexibility index (Phi) is 7.53. The molecular formula is C24H22N2O6S. The third kappa shape index (κ3) is 6.24. The number of hydrogen-bond donors (Lipinski definition) is 1. The zero-order valence-corrected chi connectivity index (χ0v) is 18.9. The van der Waals surface area contributed by atoms with Gasteiger partial charge in [-0.2, -0.15) is 5.26 Å². The molecule has 170 valence electrons. The average molecular weight is 467 g/mol. The Morgan fingerprint density at radius 3 is 2.33 bits per heavy atom. The number of nitrogens with one attached hydrogen (secondary N) is 1. The molecule has 0 saturated carbocycles. The van der Waals surface area contributed by atoms with E-state index < -0.39 is 16.0 Å². The fourth-order valence-electron chi connectivity index (χ4n) is 2.85. The number of hydrogen-bond acceptors (Lipinski definition) is 7. The smallest absolute Gasteiger partial charge is 0.338 e. The molecule has 0 heterocycles. The quantitative estimate of drug-likeness (QED) is 0.375. The van der Waals surface area contributed by atoms with Gasteiger partial charge in [0, 0.05) is 5.69 Å². The number of carbonyl (C=O) groups is 1. The molecule has 0 fully saturated rings. The highest BCUT2D eigenvalue weighted by atomic mass is 32.2. The first-order chi connectivity index (χ1) is 15.8. The van der Waals surface area contributed by atoms with Crippen LogP contribution in [0.4, 0.5) is 5.69 Å². The van der Waals surface area contributed by atoms with E-state index in [4.69, 9.17) is 19.5 Å². The summed E-state index contributed by atoms with van der Waals surface area (Å²) in [4.78, 5) is 12.3. The van der Waals surface area contributed by atoms with Crippen molar-refractivity contribution in [3.63, 3.8) is 0 Å². The highest BCUT2D eigenvalue weighted by Gasteiger charge is 2.22. The number of benzene rings is 3. The normalized spacial score (nSPS) is 10.7. The maximum atomic E-state index is 12.9. The Labute approximate surface area is 192 Å². The van der Waals surface area contributed by atoms with E-state index in [-0.39, 0.29) is 29.4 Å². The lowest BCUT2D eigenvalue weighted by atomic mass is 10.2. The molecule has 0 aliphatic carbocycles. The van der Waals surface area contributed by atoms with Gasteiger partial charge in [0.2, 0.25) is 0 Å². The lowest BCUT2D eigenvalue weighted by Crippen LogP contribution is -2.16. The number of nitriles is 1. The number of anilines is 1. The first-order valence-corrected chi connectivity index (χ1v) is 11.4. The average Bonchev–Trinajstić information content (AvgIpc) is 2.83. The molecule has 8 nitrogen and oxygen atoms in total. The minimum Gasteiger partial charge on any atom is -0.495 e. The summed E-state index contributed by atoms with van der Waals surface area (Å²) in [6.07, 6.45) is 0. The molecule has 0 unspecified atom stereocenters. The first kappa shape index (κ1) is 23.6. The molecule has 0 aliphatic heterocycles. The van der Waals surface area contributed by atoms with E-state index in [1.807, 2.05) is 13.0 Å². The fourth-order valence-corrected chi connectivity index (χ4v) is 4.10. The van der Waals surface area contributed by atoms with Gasteiger partial charge in [-0.25, -0.2) is 13.2 Å². The zero-order valence-electron chi connectivity index (χ0n) is 18.1. The van der Waals surface area contributed by atoms with Crippen LogP contribution in [0.3, 0.4) is 0 Å². The van der Waals surface area contributed by atoms with Crippen LogP contribution in [0.15, 0.2) is 71.6 Å². The van der Waals surface area contributed by atoms with Crippen LogP contribution < -0.4 is 14.2 Å². The number of aryl methyl sites for hydroxylation is 1. The van der Waals surface area contributed by atoms with E-state index in [1.165, 1.54) is 25.3 Å². The van der Waals surface area contributed by atoms with Crippen LogP contribution in [-0.2, 0) is 14.8 Å². The fraction of sp³-hybridized carbons (Fsp3) is 0.167. The molecule has 3 rings (SSSR count). The topological polar surface area (TPSA) is 115 Å². The summed E-state index contributed by atoms with van der Waals surface area (Å²) in [6.45, 7) is 1.94. The van der Waals surface area contributed by atoms with Crippen molar-refractivity contribution in [3.05, 3.63) is 83.4 Å². The van der Waals surface area contributed by atoms with E-state index in [9.17, 15) is 13.2 Å². The van der Waals surface area contributed by atoms with Crippen LogP contribution in [0.1, 0.15) is 21.5 Å². The van der Waals surface area contributed by atoms with Crippen molar-refractivity contribution in [2.75, 3.05) is 25.0 Å². The first-order valence-electron chi connectivity index (χ1n) is 9.90. The predicted octanol–water partition coefficient (Wildman–Crippen LogP) is 3.91. The van der Waals surface area contributed by atoms with Crippen molar-refractivity contribution in [1.29, 1.82) is 5.26 Å². The summed E-state index contributed by atoms with van der Waals surface area (Å²) in [5, 5.41) is 8.80. The maximum absolute atomic E-state index is 12.9. The van der Waals surface area contributed by atoms with Gasteiger partial charge in [-0.3, -0.25) is 4.72 Å². The van der Waals surface area contributed by atoms with Crippen LogP contribution in [0.5, 0.6) is 11.5 Å². The largest absolute Gasteiger partial charge is 0.495 e. The molecule has 3 aromatic carbocycles. The monoisotopic (exact) mass is 466 g/mol. The molecule has 0 radical (unpaired) electrons. The lowest BCUT2D eigenvalue weighted by Gasteiger charge is -2.13. The van der Waals surface area contributed by atoms with Crippen molar-refractivity contribution in [2.45, 2.75) is 11.8 Å². The number of sulfonamides is 1. The molecule has 3 aromatic rings. The highest BCUT2D eigenvalue weighted by molar-refractivity contribution is 7.92. The number of esters is 1. The van der Waals surface area contributed by atoms with Gasteiger partial charge >= 0.3 is 5.97 Å². The van der Waals surface area contributed by atoms with Gasteiger partial charge in [0.15, 0.2) is 0 Å². The number of rotatable bonds is 9. The van der Waals surface area contributed by atoms with Crippen LogP contribution in [0, 0.1) is 18.3 Å². The molecule has 9 heteroatoms. The van der Waals surface area contributed by atoms with Gasteiger partial charge in [0.25, 0.3) is 10.0 Å². The van der Waals surface area contributed by atoms with Crippen molar-refractivity contribution < 1.29 is 27.4 Å². The minimum absolute atomic E-state index is 0.0471. The standard InChI is InChI=1S/C24H22N2O6S/c1-17-3-8-20(9-4-17)26-33(28,29)23-15-19(7-12-22(23)30-2)24(27)32-14-13-31-21-10-5-18(16-25)6-11-21/h3-12,15,26H,13-14H2,1-2H3. The van der Waals surface area contributed by atoms with Crippen molar-refractivity contribution >= 4 is 21.7 Å². The number of nitrogens with zero attached hydrogens (tertiary/aromatic N) is 1. The van der Waals surface area contributed by atoms with E-state index in [0.29, 0.717) is 17.0 Å². The molecule has 0 atom stereocenters. The number of ether oxygens (including phenoxy) is 3. The predicted molar refractivity (Wildman–Crippen MR) is 122 cm³/mol. The third-order valence-corrected chi connectivity index (χ3v) is 5.96. The summed E-state index contributed by atoms with van der Waals surface area (Å²) < 4.78 is 44.2. The molecular weight excluding hydrogens is 444 g/mol. The van der Waals surface area contributed by atoms with E-state index in [1.54, 1.807) is 48.5 Å². The van der Waals surface area contributed by atoms with Gasteiger partial charge in [-0.05, 0) is 61.5 Å². The van der Waals surface area contributed by atoms with Gasteiger partial charge < -0.3 is 14.2 Å². The summed E-state index contributed by atoms with van der Waals surface area (Å²) in [7, 11) is -2.68. The molecule has 0 aromatic heterocycles. The lowest BCUT2D eigenvalue weighted by molar-refractivity contribution is 0.0450. The van der Waals surface area contributed by atoms with Gasteiger partial charge in [-0.15, -0.1) is 0 Å². The number of carbonyl (C=O) groups excluding carboxylic acids is 1. The third-order valence-electron chi connectivity index (χ3n) is 4.56. The van der Waals surface area contributed by atoms with Crippen LogP contribution >= 0.6 is 0 Å². The Morgan fingerprint density at radius 2 is 1.70 bits per heavy atom. The summed E-state index contributed by atoms with van der Waals surface area (Å²) in [5.41, 5.74) is 1.94. The zero-order chi connectivity index (χ0) is 23.8. The molecule has 0 aliphatic rings. The van der Waals surface area contributed by atoms with Crippen molar-refractivity contribution in [2.24, 2.45) is 0 Å². The summed E-state index contributed by atoms with van der Waals surface area (Å²) in [6, 6.07) is 19.4. The van der Waals surface area contributed by atoms with Crippen LogP contribution in [-0.4, -0.2) is 34.7 Å². The van der Waals surface area contributed by atoms with E-state index >= 15 is 0 Å².